The predicted molar refractivity (Wildman–Crippen MR) is 83.2 cm³/mol. The lowest BCUT2D eigenvalue weighted by Crippen LogP contribution is -2.35. The number of carbonyl (C=O) groups is 4. The molecule has 25 heavy (non-hydrogen) atoms. The standard InChI is InChI=1S/C15H13NO8S/c1-3-12(17)23-6-7-24-15(20)9-4-5-10-11(8-9)14(19)16(13(10)18)25(2,21)22/h3-5,8H,1,6-7H2,2H3. The molecule has 0 spiro atoms. The monoisotopic (exact) mass is 367 g/mol. The molecule has 0 aromatic heterocycles. The minimum atomic E-state index is -4.07. The maximum absolute atomic E-state index is 12.1. The van der Waals surface area contributed by atoms with Crippen molar-refractivity contribution >= 4 is 33.8 Å². The highest BCUT2D eigenvalue weighted by Gasteiger charge is 2.41. The second kappa shape index (κ2) is 6.85. The van der Waals surface area contributed by atoms with E-state index in [-0.39, 0.29) is 34.2 Å². The van der Waals surface area contributed by atoms with Gasteiger partial charge in [0.1, 0.15) is 13.2 Å². The van der Waals surface area contributed by atoms with E-state index in [0.29, 0.717) is 0 Å². The summed E-state index contributed by atoms with van der Waals surface area (Å²) in [5, 5.41) is 0. The Hall–Kier alpha value is -3.01. The fraction of sp³-hybridized carbons (Fsp3) is 0.200. The summed E-state index contributed by atoms with van der Waals surface area (Å²) in [5.74, 6) is -3.50. The molecule has 0 N–H and O–H groups in total. The van der Waals surface area contributed by atoms with Gasteiger partial charge >= 0.3 is 11.9 Å². The van der Waals surface area contributed by atoms with Crippen LogP contribution in [-0.4, -0.2) is 55.9 Å². The van der Waals surface area contributed by atoms with Crippen molar-refractivity contribution in [1.29, 1.82) is 0 Å². The Balaban J connectivity index is 2.12. The Morgan fingerprint density at radius 3 is 2.32 bits per heavy atom. The predicted octanol–water partition coefficient (Wildman–Crippen LogP) is 0.128. The van der Waals surface area contributed by atoms with E-state index in [9.17, 15) is 27.6 Å². The zero-order chi connectivity index (χ0) is 18.8. The third kappa shape index (κ3) is 3.74. The van der Waals surface area contributed by atoms with E-state index >= 15 is 0 Å². The Labute approximate surface area is 142 Å². The van der Waals surface area contributed by atoms with Crippen molar-refractivity contribution in [2.75, 3.05) is 19.5 Å². The van der Waals surface area contributed by atoms with Crippen molar-refractivity contribution < 1.29 is 37.1 Å². The van der Waals surface area contributed by atoms with Gasteiger partial charge in [0, 0.05) is 6.08 Å². The fourth-order valence-corrected chi connectivity index (χ4v) is 2.86. The number of sulfonamides is 1. The summed E-state index contributed by atoms with van der Waals surface area (Å²) in [6.45, 7) is 2.80. The summed E-state index contributed by atoms with van der Waals surface area (Å²) < 4.78 is 32.7. The van der Waals surface area contributed by atoms with Crippen LogP contribution in [0.25, 0.3) is 0 Å². The maximum Gasteiger partial charge on any atom is 0.338 e. The summed E-state index contributed by atoms with van der Waals surface area (Å²) in [6.07, 6.45) is 1.69. The Bertz CT molecular complexity index is 887. The van der Waals surface area contributed by atoms with Crippen molar-refractivity contribution in [1.82, 2.24) is 4.31 Å². The van der Waals surface area contributed by atoms with Crippen LogP contribution in [0.4, 0.5) is 0 Å². The van der Waals surface area contributed by atoms with Crippen LogP contribution in [0.1, 0.15) is 31.1 Å². The van der Waals surface area contributed by atoms with Crippen molar-refractivity contribution in [3.63, 3.8) is 0 Å². The lowest BCUT2D eigenvalue weighted by molar-refractivity contribution is -0.138. The zero-order valence-corrected chi connectivity index (χ0v) is 13.9. The Morgan fingerprint density at radius 1 is 1.12 bits per heavy atom. The summed E-state index contributed by atoms with van der Waals surface area (Å²) in [5.41, 5.74) is -0.375. The summed E-state index contributed by atoms with van der Waals surface area (Å²) in [4.78, 5) is 46.8. The zero-order valence-electron chi connectivity index (χ0n) is 13.1. The molecule has 1 heterocycles. The van der Waals surface area contributed by atoms with Crippen molar-refractivity contribution in [3.05, 3.63) is 47.5 Å². The van der Waals surface area contributed by atoms with Gasteiger partial charge in [-0.25, -0.2) is 18.0 Å². The smallest absolute Gasteiger partial charge is 0.338 e. The number of hydrogen-bond donors (Lipinski definition) is 0. The van der Waals surface area contributed by atoms with Gasteiger partial charge < -0.3 is 9.47 Å². The Morgan fingerprint density at radius 2 is 1.72 bits per heavy atom. The van der Waals surface area contributed by atoms with Gasteiger partial charge in [-0.2, -0.15) is 4.31 Å². The number of rotatable bonds is 6. The molecule has 1 aliphatic rings. The molecule has 0 unspecified atom stereocenters. The number of benzene rings is 1. The minimum absolute atomic E-state index is 0.0506. The normalized spacial score (nSPS) is 13.4. The van der Waals surface area contributed by atoms with Gasteiger partial charge in [0.2, 0.25) is 10.0 Å². The van der Waals surface area contributed by atoms with E-state index in [0.717, 1.165) is 18.4 Å². The second-order valence-electron chi connectivity index (χ2n) is 4.91. The molecule has 1 aromatic rings. The van der Waals surface area contributed by atoms with Crippen LogP contribution in [-0.2, 0) is 24.3 Å². The molecule has 0 radical (unpaired) electrons. The van der Waals surface area contributed by atoms with Crippen molar-refractivity contribution in [3.8, 4) is 0 Å². The third-order valence-corrected chi connectivity index (χ3v) is 4.14. The van der Waals surface area contributed by atoms with Gasteiger partial charge in [-0.3, -0.25) is 9.59 Å². The first-order valence-corrected chi connectivity index (χ1v) is 8.71. The van der Waals surface area contributed by atoms with E-state index in [2.05, 4.69) is 11.3 Å². The molecule has 0 aliphatic carbocycles. The van der Waals surface area contributed by atoms with E-state index < -0.39 is 33.8 Å². The number of imide groups is 1. The van der Waals surface area contributed by atoms with E-state index in [1.54, 1.807) is 0 Å². The minimum Gasteiger partial charge on any atom is -0.459 e. The molecule has 1 aliphatic heterocycles. The molecular formula is C15H13NO8S. The van der Waals surface area contributed by atoms with Crippen LogP contribution >= 0.6 is 0 Å². The molecule has 0 bridgehead atoms. The molecule has 2 amide bonds. The van der Waals surface area contributed by atoms with Gasteiger partial charge in [-0.1, -0.05) is 6.58 Å². The number of carbonyl (C=O) groups excluding carboxylic acids is 4. The van der Waals surface area contributed by atoms with Crippen LogP contribution < -0.4 is 0 Å². The Kier molecular flexibility index (Phi) is 5.02. The molecule has 0 atom stereocenters. The molecule has 9 nitrogen and oxygen atoms in total. The largest absolute Gasteiger partial charge is 0.459 e. The number of nitrogens with zero attached hydrogens (tertiary/aromatic N) is 1. The van der Waals surface area contributed by atoms with Crippen molar-refractivity contribution in [2.45, 2.75) is 0 Å². The van der Waals surface area contributed by atoms with Gasteiger partial charge in [0.05, 0.1) is 22.9 Å². The molecular weight excluding hydrogens is 354 g/mol. The summed E-state index contributed by atoms with van der Waals surface area (Å²) in [7, 11) is -4.07. The number of ether oxygens (including phenoxy) is 2. The number of fused-ring (bicyclic) bond motifs is 1. The van der Waals surface area contributed by atoms with Crippen LogP contribution in [0.15, 0.2) is 30.9 Å². The lowest BCUT2D eigenvalue weighted by atomic mass is 10.1. The first-order valence-electron chi connectivity index (χ1n) is 6.86. The highest BCUT2D eigenvalue weighted by Crippen LogP contribution is 2.26. The molecule has 2 rings (SSSR count). The maximum atomic E-state index is 12.1. The highest BCUT2D eigenvalue weighted by molar-refractivity contribution is 7.89. The first kappa shape index (κ1) is 18.3. The summed E-state index contributed by atoms with van der Waals surface area (Å²) >= 11 is 0. The second-order valence-corrected chi connectivity index (χ2v) is 6.74. The molecule has 132 valence electrons. The van der Waals surface area contributed by atoms with E-state index in [1.807, 2.05) is 0 Å². The number of amides is 2. The van der Waals surface area contributed by atoms with Gasteiger partial charge in [0.15, 0.2) is 0 Å². The van der Waals surface area contributed by atoms with Crippen LogP contribution in [0.5, 0.6) is 0 Å². The highest BCUT2D eigenvalue weighted by atomic mass is 32.2. The molecule has 0 saturated carbocycles. The van der Waals surface area contributed by atoms with Crippen LogP contribution in [0.3, 0.4) is 0 Å². The molecule has 1 aromatic carbocycles. The van der Waals surface area contributed by atoms with Crippen LogP contribution in [0, 0.1) is 0 Å². The first-order chi connectivity index (χ1) is 11.7. The molecule has 0 fully saturated rings. The third-order valence-electron chi connectivity index (χ3n) is 3.14. The quantitative estimate of drug-likeness (QED) is 0.301. The number of hydrogen-bond acceptors (Lipinski definition) is 8. The molecule has 0 saturated heterocycles. The fourth-order valence-electron chi connectivity index (χ4n) is 2.07. The lowest BCUT2D eigenvalue weighted by Gasteiger charge is -2.09. The average Bonchev–Trinajstić information content (AvgIpc) is 2.81. The van der Waals surface area contributed by atoms with Crippen molar-refractivity contribution in [2.24, 2.45) is 0 Å². The van der Waals surface area contributed by atoms with Gasteiger partial charge in [-0.05, 0) is 18.2 Å². The van der Waals surface area contributed by atoms with E-state index in [1.165, 1.54) is 12.1 Å². The van der Waals surface area contributed by atoms with Gasteiger partial charge in [-0.15, -0.1) is 0 Å². The van der Waals surface area contributed by atoms with E-state index in [4.69, 9.17) is 4.74 Å². The SMILES string of the molecule is C=CC(=O)OCCOC(=O)c1ccc2c(c1)C(=O)N(S(C)(=O)=O)C2=O. The average molecular weight is 367 g/mol. The number of esters is 2. The summed E-state index contributed by atoms with van der Waals surface area (Å²) in [6, 6.07) is 3.49. The van der Waals surface area contributed by atoms with Gasteiger partial charge in [0.25, 0.3) is 11.8 Å². The van der Waals surface area contributed by atoms with Crippen LogP contribution in [0.2, 0.25) is 0 Å². The molecule has 10 heteroatoms. The topological polar surface area (TPSA) is 124 Å².